The number of hydrogen-bond acceptors (Lipinski definition) is 3. The molecule has 0 spiro atoms. The lowest BCUT2D eigenvalue weighted by atomic mass is 10.0. The number of ether oxygens (including phenoxy) is 2. The van der Waals surface area contributed by atoms with Crippen LogP contribution >= 0.6 is 0 Å². The van der Waals surface area contributed by atoms with Crippen LogP contribution in [0.5, 0.6) is 5.75 Å². The van der Waals surface area contributed by atoms with Gasteiger partial charge in [-0.25, -0.2) is 0 Å². The highest BCUT2D eigenvalue weighted by atomic mass is 16.5. The van der Waals surface area contributed by atoms with E-state index in [9.17, 15) is 5.11 Å². The van der Waals surface area contributed by atoms with Gasteiger partial charge >= 0.3 is 0 Å². The Morgan fingerprint density at radius 2 is 1.87 bits per heavy atom. The van der Waals surface area contributed by atoms with Crippen LogP contribution in [0.15, 0.2) is 24.3 Å². The second-order valence-electron chi connectivity index (χ2n) is 6.75. The highest BCUT2D eigenvalue weighted by molar-refractivity contribution is 5.32. The van der Waals surface area contributed by atoms with Gasteiger partial charge in [-0.2, -0.15) is 0 Å². The predicted octanol–water partition coefficient (Wildman–Crippen LogP) is 2.35. The van der Waals surface area contributed by atoms with E-state index in [2.05, 4.69) is 26.1 Å². The normalized spacial score (nSPS) is 14.0. The monoisotopic (exact) mass is 324 g/mol. The van der Waals surface area contributed by atoms with Crippen LogP contribution in [0.25, 0.3) is 0 Å². The third kappa shape index (κ3) is 8.94. The molecular weight excluding hydrogens is 290 g/mol. The van der Waals surface area contributed by atoms with E-state index in [4.69, 9.17) is 9.47 Å². The SMILES string of the molecule is COc1ccccc1COC[C@H](O)C[NH2+][C@@H](C)CCCC(C)C. The minimum Gasteiger partial charge on any atom is -0.496 e. The van der Waals surface area contributed by atoms with Crippen molar-refractivity contribution in [1.82, 2.24) is 0 Å². The fraction of sp³-hybridized carbons (Fsp3) is 0.684. The van der Waals surface area contributed by atoms with Gasteiger partial charge in [-0.1, -0.05) is 38.5 Å². The number of aliphatic hydroxyl groups is 1. The summed E-state index contributed by atoms with van der Waals surface area (Å²) in [6.07, 6.45) is 3.31. The summed E-state index contributed by atoms with van der Waals surface area (Å²) < 4.78 is 10.9. The first-order valence-corrected chi connectivity index (χ1v) is 8.74. The molecule has 1 aromatic rings. The summed E-state index contributed by atoms with van der Waals surface area (Å²) in [6.45, 7) is 8.25. The molecule has 2 atom stereocenters. The summed E-state index contributed by atoms with van der Waals surface area (Å²) >= 11 is 0. The van der Waals surface area contributed by atoms with E-state index in [1.165, 1.54) is 19.3 Å². The first-order valence-electron chi connectivity index (χ1n) is 8.74. The van der Waals surface area contributed by atoms with Crippen LogP contribution < -0.4 is 10.1 Å². The highest BCUT2D eigenvalue weighted by Crippen LogP contribution is 2.17. The minimum atomic E-state index is -0.433. The molecule has 3 N–H and O–H groups in total. The number of nitrogens with two attached hydrogens (primary N) is 1. The number of hydrogen-bond donors (Lipinski definition) is 2. The first-order chi connectivity index (χ1) is 11.0. The molecule has 0 amide bonds. The quantitative estimate of drug-likeness (QED) is 0.620. The summed E-state index contributed by atoms with van der Waals surface area (Å²) in [7, 11) is 1.66. The molecule has 1 aromatic carbocycles. The smallest absolute Gasteiger partial charge is 0.126 e. The van der Waals surface area contributed by atoms with Crippen molar-refractivity contribution < 1.29 is 19.9 Å². The minimum absolute atomic E-state index is 0.354. The Labute approximate surface area is 141 Å². The second kappa shape index (κ2) is 11.4. The molecule has 23 heavy (non-hydrogen) atoms. The van der Waals surface area contributed by atoms with E-state index in [0.717, 1.165) is 17.2 Å². The molecule has 132 valence electrons. The third-order valence-corrected chi connectivity index (χ3v) is 4.01. The second-order valence-corrected chi connectivity index (χ2v) is 6.75. The van der Waals surface area contributed by atoms with Gasteiger partial charge in [-0.3, -0.25) is 0 Å². The van der Waals surface area contributed by atoms with E-state index < -0.39 is 6.10 Å². The molecule has 0 unspecified atom stereocenters. The number of rotatable bonds is 12. The summed E-state index contributed by atoms with van der Waals surface area (Å²) in [5.74, 6) is 1.60. The zero-order valence-electron chi connectivity index (χ0n) is 15.1. The van der Waals surface area contributed by atoms with Crippen LogP contribution in [0, 0.1) is 5.92 Å². The van der Waals surface area contributed by atoms with Crippen LogP contribution in [0.4, 0.5) is 0 Å². The highest BCUT2D eigenvalue weighted by Gasteiger charge is 2.11. The summed E-state index contributed by atoms with van der Waals surface area (Å²) in [5, 5.41) is 12.2. The maximum Gasteiger partial charge on any atom is 0.126 e. The summed E-state index contributed by atoms with van der Waals surface area (Å²) in [5.41, 5.74) is 1.01. The lowest BCUT2D eigenvalue weighted by Gasteiger charge is -2.15. The molecule has 4 heteroatoms. The lowest BCUT2D eigenvalue weighted by Crippen LogP contribution is -2.91. The zero-order chi connectivity index (χ0) is 17.1. The summed E-state index contributed by atoms with van der Waals surface area (Å²) in [4.78, 5) is 0. The average Bonchev–Trinajstić information content (AvgIpc) is 2.53. The van der Waals surface area contributed by atoms with E-state index in [1.807, 2.05) is 24.3 Å². The molecule has 4 nitrogen and oxygen atoms in total. The predicted molar refractivity (Wildman–Crippen MR) is 93.6 cm³/mol. The fourth-order valence-electron chi connectivity index (χ4n) is 2.55. The Morgan fingerprint density at radius 3 is 2.57 bits per heavy atom. The van der Waals surface area contributed by atoms with Gasteiger partial charge in [0.2, 0.25) is 0 Å². The van der Waals surface area contributed by atoms with Crippen LogP contribution in [0.2, 0.25) is 0 Å². The van der Waals surface area contributed by atoms with Gasteiger partial charge < -0.3 is 19.9 Å². The van der Waals surface area contributed by atoms with Gasteiger partial charge in [-0.05, 0) is 31.7 Å². The topological polar surface area (TPSA) is 55.3 Å². The zero-order valence-corrected chi connectivity index (χ0v) is 15.1. The van der Waals surface area contributed by atoms with E-state index >= 15 is 0 Å². The van der Waals surface area contributed by atoms with E-state index in [1.54, 1.807) is 7.11 Å². The number of para-hydroxylation sites is 1. The molecule has 0 aliphatic heterocycles. The van der Waals surface area contributed by atoms with Gasteiger partial charge in [0.1, 0.15) is 18.4 Å². The van der Waals surface area contributed by atoms with Gasteiger partial charge in [0.25, 0.3) is 0 Å². The Bertz CT molecular complexity index is 423. The third-order valence-electron chi connectivity index (χ3n) is 4.01. The van der Waals surface area contributed by atoms with Crippen LogP contribution in [-0.2, 0) is 11.3 Å². The van der Waals surface area contributed by atoms with Crippen molar-refractivity contribution in [3.05, 3.63) is 29.8 Å². The van der Waals surface area contributed by atoms with Crippen LogP contribution in [-0.4, -0.2) is 37.5 Å². The molecular formula is C19H34NO3+. The first kappa shape index (κ1) is 19.9. The average molecular weight is 324 g/mol. The molecule has 0 heterocycles. The lowest BCUT2D eigenvalue weighted by molar-refractivity contribution is -0.692. The molecule has 0 aliphatic carbocycles. The molecule has 1 rings (SSSR count). The number of benzene rings is 1. The molecule has 0 aliphatic rings. The fourth-order valence-corrected chi connectivity index (χ4v) is 2.55. The van der Waals surface area contributed by atoms with Crippen LogP contribution in [0.3, 0.4) is 0 Å². The van der Waals surface area contributed by atoms with Gasteiger partial charge in [0, 0.05) is 5.56 Å². The number of quaternary nitrogens is 1. The molecule has 0 radical (unpaired) electrons. The Balaban J connectivity index is 2.15. The molecule has 0 saturated heterocycles. The Morgan fingerprint density at radius 1 is 1.13 bits per heavy atom. The molecule has 0 aromatic heterocycles. The molecule has 0 bridgehead atoms. The van der Waals surface area contributed by atoms with Gasteiger partial charge in [0.05, 0.1) is 26.4 Å². The Hall–Kier alpha value is -1.10. The van der Waals surface area contributed by atoms with Crippen molar-refractivity contribution in [3.63, 3.8) is 0 Å². The molecule has 0 saturated carbocycles. The van der Waals surface area contributed by atoms with Crippen molar-refractivity contribution >= 4 is 0 Å². The van der Waals surface area contributed by atoms with Crippen molar-refractivity contribution in [3.8, 4) is 5.75 Å². The maximum absolute atomic E-state index is 10.0. The Kier molecular flexibility index (Phi) is 9.92. The standard InChI is InChI=1S/C19H33NO3/c1-15(2)8-7-9-16(3)20-12-18(21)14-23-13-17-10-5-6-11-19(17)22-4/h5-6,10-11,15-16,18,20-21H,7-9,12-14H2,1-4H3/p+1/t16-,18+/m0/s1. The van der Waals surface area contributed by atoms with Crippen molar-refractivity contribution in [2.75, 3.05) is 20.3 Å². The van der Waals surface area contributed by atoms with Crippen molar-refractivity contribution in [2.45, 2.75) is 58.8 Å². The number of aliphatic hydroxyl groups excluding tert-OH is 1. The van der Waals surface area contributed by atoms with Gasteiger partial charge in [0.15, 0.2) is 0 Å². The largest absolute Gasteiger partial charge is 0.496 e. The van der Waals surface area contributed by atoms with E-state index in [-0.39, 0.29) is 0 Å². The van der Waals surface area contributed by atoms with Crippen molar-refractivity contribution in [2.24, 2.45) is 5.92 Å². The van der Waals surface area contributed by atoms with E-state index in [0.29, 0.717) is 25.8 Å². The molecule has 0 fully saturated rings. The van der Waals surface area contributed by atoms with Crippen molar-refractivity contribution in [1.29, 1.82) is 0 Å². The summed E-state index contributed by atoms with van der Waals surface area (Å²) in [6, 6.07) is 8.35. The maximum atomic E-state index is 10.0. The van der Waals surface area contributed by atoms with Gasteiger partial charge in [-0.15, -0.1) is 0 Å². The number of methoxy groups -OCH3 is 1. The van der Waals surface area contributed by atoms with Crippen LogP contribution in [0.1, 0.15) is 45.6 Å².